The first-order chi connectivity index (χ1) is 22.7. The lowest BCUT2D eigenvalue weighted by Crippen LogP contribution is -2.29. The number of nitrogens with one attached hydrogen (secondary N) is 1. The van der Waals surface area contributed by atoms with Gasteiger partial charge in [-0.1, -0.05) is 56.7 Å². The van der Waals surface area contributed by atoms with Gasteiger partial charge in [-0.15, -0.1) is 0 Å². The number of ether oxygens (including phenoxy) is 1. The Morgan fingerprint density at radius 2 is 1.88 bits per heavy atom. The van der Waals surface area contributed by atoms with Gasteiger partial charge >= 0.3 is 5.97 Å². The zero-order chi connectivity index (χ0) is 34.3. The molecule has 0 aliphatic carbocycles. The molecule has 1 aliphatic heterocycles. The van der Waals surface area contributed by atoms with Crippen LogP contribution in [0.5, 0.6) is 11.5 Å². The van der Waals surface area contributed by atoms with Gasteiger partial charge in [0.15, 0.2) is 33.1 Å². The molecule has 1 aliphatic rings. The van der Waals surface area contributed by atoms with E-state index < -0.39 is 32.5 Å². The minimum atomic E-state index is -3.53. The highest BCUT2D eigenvalue weighted by atomic mass is 32.2. The Bertz CT molecular complexity index is 2100. The lowest BCUT2D eigenvalue weighted by atomic mass is 9.75. The zero-order valence-corrected chi connectivity index (χ0v) is 28.5. The van der Waals surface area contributed by atoms with Crippen LogP contribution in [0.3, 0.4) is 0 Å². The molecule has 0 amide bonds. The summed E-state index contributed by atoms with van der Waals surface area (Å²) in [5.74, 6) is -0.00835. The molecule has 1 unspecified atom stereocenters. The molecule has 4 bridgehead atoms. The van der Waals surface area contributed by atoms with E-state index in [0.717, 1.165) is 22.1 Å². The number of hydrogen-bond acceptors (Lipinski definition) is 6. The highest BCUT2D eigenvalue weighted by Gasteiger charge is 2.36. The van der Waals surface area contributed by atoms with Crippen molar-refractivity contribution in [3.05, 3.63) is 95.2 Å². The second-order valence-corrected chi connectivity index (χ2v) is 16.1. The van der Waals surface area contributed by atoms with Crippen molar-refractivity contribution in [2.45, 2.75) is 64.7 Å². The smallest absolute Gasteiger partial charge is 0.303 e. The average Bonchev–Trinajstić information content (AvgIpc) is 3.65. The number of fused-ring (bicyclic) bond motifs is 8. The molecule has 2 aromatic heterocycles. The van der Waals surface area contributed by atoms with Gasteiger partial charge in [-0.25, -0.2) is 22.5 Å². The molecule has 0 fully saturated rings. The van der Waals surface area contributed by atoms with Gasteiger partial charge in [-0.2, -0.15) is 5.10 Å². The van der Waals surface area contributed by atoms with Gasteiger partial charge < -0.3 is 14.8 Å². The van der Waals surface area contributed by atoms with Gasteiger partial charge in [-0.3, -0.25) is 4.79 Å². The van der Waals surface area contributed by atoms with Crippen molar-refractivity contribution >= 4 is 26.7 Å². The molecule has 252 valence electrons. The summed E-state index contributed by atoms with van der Waals surface area (Å²) in [7, 11) is -1.70. The molecule has 0 saturated heterocycles. The molecule has 2 N–H and O–H groups in total. The molecule has 1 atom stereocenters. The minimum Gasteiger partial charge on any atom is -0.481 e. The summed E-state index contributed by atoms with van der Waals surface area (Å²) in [5, 5.41) is 14.9. The fourth-order valence-corrected chi connectivity index (χ4v) is 8.89. The highest BCUT2D eigenvalue weighted by molar-refractivity contribution is 7.91. The minimum absolute atomic E-state index is 0.00355. The summed E-state index contributed by atoms with van der Waals surface area (Å²) in [6.45, 7) is 6.03. The van der Waals surface area contributed by atoms with E-state index in [0.29, 0.717) is 54.2 Å². The third-order valence-electron chi connectivity index (χ3n) is 9.43. The lowest BCUT2D eigenvalue weighted by molar-refractivity contribution is -0.136. The number of halogens is 1. The first-order valence-corrected chi connectivity index (χ1v) is 18.1. The second-order valence-electron chi connectivity index (χ2n) is 13.9. The number of carboxylic acids is 1. The first kappa shape index (κ1) is 33.4. The van der Waals surface area contributed by atoms with E-state index in [1.54, 1.807) is 29.1 Å². The summed E-state index contributed by atoms with van der Waals surface area (Å²) >= 11 is 0. The summed E-state index contributed by atoms with van der Waals surface area (Å²) in [4.78, 5) is 19.4. The van der Waals surface area contributed by atoms with Gasteiger partial charge in [0.25, 0.3) is 0 Å². The SMILES string of the molecule is Cn1nc2nc1-c1cccc(c1)Oc1c(F)cc3[nH]ccc3c1CCS(=O)(=O)CC(C)(C)CCCC2(C)c1cccc(CCC(=O)O)c1. The number of rotatable bonds is 4. The molecule has 3 heterocycles. The summed E-state index contributed by atoms with van der Waals surface area (Å²) < 4.78 is 50.8. The van der Waals surface area contributed by atoms with Crippen LogP contribution in [0, 0.1) is 11.2 Å². The van der Waals surface area contributed by atoms with Crippen LogP contribution in [0.4, 0.5) is 4.39 Å². The number of hydrogen-bond donors (Lipinski definition) is 2. The van der Waals surface area contributed by atoms with Crippen LogP contribution in [0.15, 0.2) is 66.9 Å². The monoisotopic (exact) mass is 672 g/mol. The van der Waals surface area contributed by atoms with Gasteiger partial charge in [0.05, 0.1) is 16.9 Å². The maximum absolute atomic E-state index is 15.6. The van der Waals surface area contributed by atoms with E-state index in [1.807, 2.05) is 57.3 Å². The van der Waals surface area contributed by atoms with Gasteiger partial charge in [0.1, 0.15) is 5.75 Å². The Labute approximate surface area is 280 Å². The van der Waals surface area contributed by atoms with Crippen molar-refractivity contribution in [2.24, 2.45) is 12.5 Å². The molecule has 9 nitrogen and oxygen atoms in total. The summed E-state index contributed by atoms with van der Waals surface area (Å²) in [6, 6.07) is 18.3. The molecular formula is C37H41FN4O5S. The standard InChI is InChI=1S/C37H41FN4O5S/c1-36(2)16-7-17-37(3,26-10-5-8-24(20-26)12-13-32(43)44)35-40-34(42(4)41-35)25-9-6-11-27(21-25)47-33-29(15-19-48(45,46)23-36)28-14-18-39-31(28)22-30(33)38/h5-6,8-11,14,18,20-22,39H,7,12-13,15-17,19,23H2,1-4H3,(H,43,44). The molecule has 3 aromatic carbocycles. The Kier molecular flexibility index (Phi) is 8.93. The van der Waals surface area contributed by atoms with Crippen LogP contribution < -0.4 is 4.74 Å². The summed E-state index contributed by atoms with van der Waals surface area (Å²) in [6.07, 6.45) is 4.21. The van der Waals surface area contributed by atoms with E-state index in [2.05, 4.69) is 11.9 Å². The Morgan fingerprint density at radius 3 is 2.67 bits per heavy atom. The predicted molar refractivity (Wildman–Crippen MR) is 184 cm³/mol. The van der Waals surface area contributed by atoms with Gasteiger partial charge in [0.2, 0.25) is 0 Å². The number of aromatic amines is 1. The number of benzene rings is 3. The molecule has 0 spiro atoms. The molecule has 11 heteroatoms. The maximum Gasteiger partial charge on any atom is 0.303 e. The first-order valence-electron chi connectivity index (χ1n) is 16.2. The van der Waals surface area contributed by atoms with E-state index >= 15 is 4.39 Å². The van der Waals surface area contributed by atoms with Crippen molar-refractivity contribution in [3.63, 3.8) is 0 Å². The third-order valence-corrected chi connectivity index (χ3v) is 11.5. The molecule has 48 heavy (non-hydrogen) atoms. The second kappa shape index (κ2) is 12.8. The normalized spacial score (nSPS) is 19.5. The van der Waals surface area contributed by atoms with Crippen molar-refractivity contribution < 1.29 is 27.4 Å². The number of sulfone groups is 1. The Morgan fingerprint density at radius 1 is 1.08 bits per heavy atom. The molecule has 0 saturated carbocycles. The molecule has 0 radical (unpaired) electrons. The summed E-state index contributed by atoms with van der Waals surface area (Å²) in [5.41, 5.74) is 2.48. The van der Waals surface area contributed by atoms with Crippen molar-refractivity contribution in [1.29, 1.82) is 0 Å². The van der Waals surface area contributed by atoms with E-state index in [1.165, 1.54) is 6.07 Å². The topological polar surface area (TPSA) is 127 Å². The number of carboxylic acid groups (broad SMARTS) is 1. The van der Waals surface area contributed by atoms with Gasteiger partial charge in [0, 0.05) is 47.8 Å². The number of carbonyl (C=O) groups is 1. The van der Waals surface area contributed by atoms with E-state index in [9.17, 15) is 18.3 Å². The van der Waals surface area contributed by atoms with Crippen molar-refractivity contribution in [1.82, 2.24) is 19.7 Å². The average molecular weight is 673 g/mol. The lowest BCUT2D eigenvalue weighted by Gasteiger charge is -2.30. The molecule has 6 rings (SSSR count). The number of H-pyrrole nitrogens is 1. The Balaban J connectivity index is 1.47. The van der Waals surface area contributed by atoms with Crippen LogP contribution in [0.1, 0.15) is 69.0 Å². The number of nitrogens with zero attached hydrogens (tertiary/aromatic N) is 3. The van der Waals surface area contributed by atoms with Crippen LogP contribution in [-0.4, -0.2) is 50.7 Å². The largest absolute Gasteiger partial charge is 0.481 e. The number of aliphatic carboxylic acids is 1. The Hall–Kier alpha value is -4.51. The number of aryl methyl sites for hydroxylation is 3. The molecule has 5 aromatic rings. The van der Waals surface area contributed by atoms with Crippen molar-refractivity contribution in [2.75, 3.05) is 11.5 Å². The van der Waals surface area contributed by atoms with Crippen LogP contribution in [-0.2, 0) is 39.9 Å². The maximum atomic E-state index is 15.6. The zero-order valence-electron chi connectivity index (χ0n) is 27.7. The van der Waals surface area contributed by atoms with Crippen LogP contribution >= 0.6 is 0 Å². The number of aromatic nitrogens is 4. The fourth-order valence-electron chi connectivity index (χ4n) is 6.89. The predicted octanol–water partition coefficient (Wildman–Crippen LogP) is 7.39. The van der Waals surface area contributed by atoms with E-state index in [-0.39, 0.29) is 30.1 Å². The van der Waals surface area contributed by atoms with E-state index in [4.69, 9.17) is 14.8 Å². The van der Waals surface area contributed by atoms with Crippen LogP contribution in [0.2, 0.25) is 0 Å². The quantitative estimate of drug-likeness (QED) is 0.204. The fraction of sp³-hybridized carbons (Fsp3) is 0.378. The highest BCUT2D eigenvalue weighted by Crippen LogP contribution is 2.40. The van der Waals surface area contributed by atoms with Crippen molar-refractivity contribution in [3.8, 4) is 22.9 Å². The molecular weight excluding hydrogens is 631 g/mol. The third kappa shape index (κ3) is 7.01. The van der Waals surface area contributed by atoms with Gasteiger partial charge in [-0.05, 0) is 67.3 Å². The van der Waals surface area contributed by atoms with Crippen LogP contribution in [0.25, 0.3) is 22.3 Å².